The van der Waals surface area contributed by atoms with Crippen molar-refractivity contribution in [2.45, 2.75) is 25.8 Å². The number of anilines is 1. The van der Waals surface area contributed by atoms with Crippen molar-refractivity contribution in [3.8, 4) is 5.69 Å². The van der Waals surface area contributed by atoms with Crippen LogP contribution in [0, 0.1) is 0 Å². The van der Waals surface area contributed by atoms with Gasteiger partial charge in [-0.3, -0.25) is 4.79 Å². The first-order valence-electron chi connectivity index (χ1n) is 6.50. The van der Waals surface area contributed by atoms with Gasteiger partial charge in [0.2, 0.25) is 5.91 Å². The number of rotatable bonds is 5. The first kappa shape index (κ1) is 13.4. The zero-order valence-electron chi connectivity index (χ0n) is 11.0. The summed E-state index contributed by atoms with van der Waals surface area (Å²) in [5.74, 6) is -0.133. The van der Waals surface area contributed by atoms with E-state index in [1.807, 2.05) is 60.3 Å². The van der Waals surface area contributed by atoms with Gasteiger partial charge in [0, 0.05) is 23.8 Å². The van der Waals surface area contributed by atoms with Gasteiger partial charge in [0.25, 0.3) is 0 Å². The number of nitrogens with one attached hydrogen (secondary N) is 1. The smallest absolute Gasteiger partial charge is 0.241 e. The number of nitrogens with two attached hydrogens (primary N) is 1. The van der Waals surface area contributed by atoms with E-state index in [0.29, 0.717) is 6.42 Å². The lowest BCUT2D eigenvalue weighted by Crippen LogP contribution is -2.35. The van der Waals surface area contributed by atoms with Crippen LogP contribution >= 0.6 is 0 Å². The molecule has 1 heterocycles. The van der Waals surface area contributed by atoms with Gasteiger partial charge in [-0.05, 0) is 36.8 Å². The number of carbonyl (C=O) groups excluding carboxylic acids is 1. The molecule has 0 radical (unpaired) electrons. The number of benzene rings is 1. The number of carbonyl (C=O) groups is 1. The molecule has 1 aromatic heterocycles. The first-order chi connectivity index (χ1) is 9.20. The van der Waals surface area contributed by atoms with Crippen LogP contribution in [0.3, 0.4) is 0 Å². The van der Waals surface area contributed by atoms with E-state index < -0.39 is 6.04 Å². The fourth-order valence-electron chi connectivity index (χ4n) is 1.93. The molecule has 0 aliphatic heterocycles. The van der Waals surface area contributed by atoms with E-state index in [-0.39, 0.29) is 5.91 Å². The molecule has 0 aliphatic rings. The van der Waals surface area contributed by atoms with E-state index in [2.05, 4.69) is 5.32 Å². The summed E-state index contributed by atoms with van der Waals surface area (Å²) in [7, 11) is 0. The summed E-state index contributed by atoms with van der Waals surface area (Å²) in [5.41, 5.74) is 7.56. The molecule has 2 rings (SSSR count). The third kappa shape index (κ3) is 3.45. The van der Waals surface area contributed by atoms with Gasteiger partial charge in [0.15, 0.2) is 0 Å². The fraction of sp³-hybridized carbons (Fsp3) is 0.267. The van der Waals surface area contributed by atoms with Crippen LogP contribution in [0.25, 0.3) is 5.69 Å². The minimum Gasteiger partial charge on any atom is -0.325 e. The van der Waals surface area contributed by atoms with E-state index in [0.717, 1.165) is 17.8 Å². The molecule has 0 saturated heterocycles. The van der Waals surface area contributed by atoms with E-state index in [4.69, 9.17) is 5.73 Å². The highest BCUT2D eigenvalue weighted by Gasteiger charge is 2.12. The molecule has 0 saturated carbocycles. The molecular formula is C15H19N3O. The topological polar surface area (TPSA) is 60.1 Å². The molecule has 1 aromatic carbocycles. The van der Waals surface area contributed by atoms with Crippen LogP contribution in [0.1, 0.15) is 19.8 Å². The molecule has 3 N–H and O–H groups in total. The molecule has 4 heteroatoms. The van der Waals surface area contributed by atoms with Crippen LogP contribution in [0.2, 0.25) is 0 Å². The van der Waals surface area contributed by atoms with Gasteiger partial charge in [0.05, 0.1) is 6.04 Å². The van der Waals surface area contributed by atoms with Crippen molar-refractivity contribution < 1.29 is 4.79 Å². The summed E-state index contributed by atoms with van der Waals surface area (Å²) in [6, 6.07) is 11.2. The highest BCUT2D eigenvalue weighted by molar-refractivity contribution is 5.94. The average Bonchev–Trinajstić information content (AvgIpc) is 2.93. The molecule has 1 atom stereocenters. The fourth-order valence-corrected chi connectivity index (χ4v) is 1.93. The maximum Gasteiger partial charge on any atom is 0.241 e. The number of amides is 1. The highest BCUT2D eigenvalue weighted by Crippen LogP contribution is 2.15. The maximum atomic E-state index is 11.9. The monoisotopic (exact) mass is 257 g/mol. The molecule has 1 amide bonds. The molecule has 0 unspecified atom stereocenters. The Labute approximate surface area is 113 Å². The molecule has 0 aliphatic carbocycles. The second-order valence-corrected chi connectivity index (χ2v) is 4.53. The Kier molecular flexibility index (Phi) is 4.36. The predicted octanol–water partition coefficient (Wildman–Crippen LogP) is 2.54. The van der Waals surface area contributed by atoms with Gasteiger partial charge >= 0.3 is 0 Å². The highest BCUT2D eigenvalue weighted by atomic mass is 16.2. The summed E-state index contributed by atoms with van der Waals surface area (Å²) in [6.45, 7) is 2.01. The quantitative estimate of drug-likeness (QED) is 0.864. The number of hydrogen-bond acceptors (Lipinski definition) is 2. The van der Waals surface area contributed by atoms with Gasteiger partial charge in [0.1, 0.15) is 0 Å². The van der Waals surface area contributed by atoms with E-state index >= 15 is 0 Å². The van der Waals surface area contributed by atoms with Gasteiger partial charge in [-0.25, -0.2) is 0 Å². The second-order valence-electron chi connectivity index (χ2n) is 4.53. The van der Waals surface area contributed by atoms with Gasteiger partial charge in [-0.2, -0.15) is 0 Å². The van der Waals surface area contributed by atoms with Crippen molar-refractivity contribution in [2.24, 2.45) is 5.73 Å². The van der Waals surface area contributed by atoms with Crippen molar-refractivity contribution in [3.05, 3.63) is 48.8 Å². The van der Waals surface area contributed by atoms with Crippen molar-refractivity contribution in [3.63, 3.8) is 0 Å². The largest absolute Gasteiger partial charge is 0.325 e. The summed E-state index contributed by atoms with van der Waals surface area (Å²) in [5, 5.41) is 2.85. The summed E-state index contributed by atoms with van der Waals surface area (Å²) >= 11 is 0. The minimum absolute atomic E-state index is 0.133. The van der Waals surface area contributed by atoms with E-state index in [9.17, 15) is 4.79 Å². The first-order valence-corrected chi connectivity index (χ1v) is 6.50. The lowest BCUT2D eigenvalue weighted by Gasteiger charge is -2.12. The summed E-state index contributed by atoms with van der Waals surface area (Å²) < 4.78 is 1.99. The molecule has 0 spiro atoms. The van der Waals surface area contributed by atoms with Gasteiger partial charge in [-0.1, -0.05) is 19.4 Å². The average molecular weight is 257 g/mol. The van der Waals surface area contributed by atoms with Crippen LogP contribution in [0.15, 0.2) is 48.8 Å². The van der Waals surface area contributed by atoms with Gasteiger partial charge in [-0.15, -0.1) is 0 Å². The molecule has 100 valence electrons. The second kappa shape index (κ2) is 6.20. The van der Waals surface area contributed by atoms with Crippen molar-refractivity contribution in [2.75, 3.05) is 5.32 Å². The predicted molar refractivity (Wildman–Crippen MR) is 77.3 cm³/mol. The maximum absolute atomic E-state index is 11.9. The molecule has 2 aromatic rings. The Hall–Kier alpha value is -2.07. The van der Waals surface area contributed by atoms with Gasteiger partial charge < -0.3 is 15.6 Å². The summed E-state index contributed by atoms with van der Waals surface area (Å²) in [6.07, 6.45) is 5.52. The molecule has 0 bridgehead atoms. The zero-order chi connectivity index (χ0) is 13.7. The Morgan fingerprint density at radius 3 is 2.74 bits per heavy atom. The van der Waals surface area contributed by atoms with Crippen molar-refractivity contribution in [1.82, 2.24) is 4.57 Å². The number of aromatic nitrogens is 1. The minimum atomic E-state index is -0.444. The lowest BCUT2D eigenvalue weighted by molar-refractivity contribution is -0.117. The number of nitrogens with zero attached hydrogens (tertiary/aromatic N) is 1. The van der Waals surface area contributed by atoms with Crippen LogP contribution in [-0.4, -0.2) is 16.5 Å². The molecule has 0 fully saturated rings. The van der Waals surface area contributed by atoms with Crippen LogP contribution in [0.4, 0.5) is 5.69 Å². The van der Waals surface area contributed by atoms with Crippen LogP contribution in [-0.2, 0) is 4.79 Å². The molecular weight excluding hydrogens is 238 g/mol. The Bertz CT molecular complexity index is 534. The SMILES string of the molecule is CCC[C@@H](N)C(=O)Nc1cccc(-n2cccc2)c1. The number of hydrogen-bond donors (Lipinski definition) is 2. The van der Waals surface area contributed by atoms with Crippen molar-refractivity contribution >= 4 is 11.6 Å². The Morgan fingerprint density at radius 2 is 2.05 bits per heavy atom. The normalized spacial score (nSPS) is 12.1. The summed E-state index contributed by atoms with van der Waals surface area (Å²) in [4.78, 5) is 11.9. The standard InChI is InChI=1S/C15H19N3O/c1-2-6-14(16)15(19)17-12-7-5-8-13(11-12)18-9-3-4-10-18/h3-5,7-11,14H,2,6,16H2,1H3,(H,17,19)/t14-/m1/s1. The van der Waals surface area contributed by atoms with Crippen LogP contribution < -0.4 is 11.1 Å². The van der Waals surface area contributed by atoms with Crippen LogP contribution in [0.5, 0.6) is 0 Å². The third-order valence-electron chi connectivity index (χ3n) is 2.95. The molecule has 19 heavy (non-hydrogen) atoms. The Morgan fingerprint density at radius 1 is 1.32 bits per heavy atom. The third-order valence-corrected chi connectivity index (χ3v) is 2.95. The van der Waals surface area contributed by atoms with E-state index in [1.165, 1.54) is 0 Å². The van der Waals surface area contributed by atoms with Crippen molar-refractivity contribution in [1.29, 1.82) is 0 Å². The van der Waals surface area contributed by atoms with E-state index in [1.54, 1.807) is 0 Å². The Balaban J connectivity index is 2.09. The molecule has 4 nitrogen and oxygen atoms in total. The zero-order valence-corrected chi connectivity index (χ0v) is 11.0. The lowest BCUT2D eigenvalue weighted by atomic mass is 10.1.